The molecule has 11 heavy (non-hydrogen) atoms. The highest BCUT2D eigenvalue weighted by atomic mass is 16.3. The Morgan fingerprint density at radius 2 is 2.36 bits per heavy atom. The zero-order chi connectivity index (χ0) is 8.27. The van der Waals surface area contributed by atoms with Gasteiger partial charge in [-0.2, -0.15) is 0 Å². The van der Waals surface area contributed by atoms with Crippen LogP contribution in [0.15, 0.2) is 0 Å². The van der Waals surface area contributed by atoms with Crippen LogP contribution in [0, 0.1) is 0 Å². The van der Waals surface area contributed by atoms with Crippen LogP contribution in [-0.4, -0.2) is 35.2 Å². The summed E-state index contributed by atoms with van der Waals surface area (Å²) >= 11 is 0. The molecule has 2 nitrogen and oxygen atoms in total. The summed E-state index contributed by atoms with van der Waals surface area (Å²) in [4.78, 5) is 2.43. The van der Waals surface area contributed by atoms with E-state index in [2.05, 4.69) is 18.7 Å². The fraction of sp³-hybridized carbons (Fsp3) is 1.00. The Hall–Kier alpha value is -0.0800. The summed E-state index contributed by atoms with van der Waals surface area (Å²) in [6, 6.07) is 1.10. The fourth-order valence-corrected chi connectivity index (χ4v) is 1.87. The van der Waals surface area contributed by atoms with Gasteiger partial charge in [-0.05, 0) is 32.7 Å². The third-order valence-corrected chi connectivity index (χ3v) is 2.79. The maximum absolute atomic E-state index is 9.04. The predicted octanol–water partition coefficient (Wildman–Crippen LogP) is 1.24. The van der Waals surface area contributed by atoms with Gasteiger partial charge in [-0.3, -0.25) is 4.90 Å². The number of aliphatic hydroxyl groups is 1. The Labute approximate surface area is 69.2 Å². The van der Waals surface area contributed by atoms with Crippen molar-refractivity contribution in [2.75, 3.05) is 13.2 Å². The third-order valence-electron chi connectivity index (χ3n) is 2.79. The Morgan fingerprint density at radius 1 is 1.64 bits per heavy atom. The molecule has 2 atom stereocenters. The summed E-state index contributed by atoms with van der Waals surface area (Å²) in [6.07, 6.45) is 3.63. The second-order valence-electron chi connectivity index (χ2n) is 3.47. The molecule has 2 heteroatoms. The van der Waals surface area contributed by atoms with Gasteiger partial charge in [0.25, 0.3) is 0 Å². The highest BCUT2D eigenvalue weighted by Crippen LogP contribution is 2.20. The summed E-state index contributed by atoms with van der Waals surface area (Å²) in [5, 5.41) is 9.04. The lowest BCUT2D eigenvalue weighted by atomic mass is 10.2. The molecule has 1 aliphatic heterocycles. The largest absolute Gasteiger partial charge is 0.395 e. The molecule has 1 heterocycles. The van der Waals surface area contributed by atoms with Gasteiger partial charge >= 0.3 is 0 Å². The Bertz CT molecular complexity index is 116. The zero-order valence-corrected chi connectivity index (χ0v) is 7.58. The number of hydrogen-bond acceptors (Lipinski definition) is 2. The molecule has 0 amide bonds. The average Bonchev–Trinajstić information content (AvgIpc) is 2.50. The van der Waals surface area contributed by atoms with Crippen LogP contribution < -0.4 is 0 Å². The minimum atomic E-state index is 0.338. The Balaban J connectivity index is 2.42. The van der Waals surface area contributed by atoms with Crippen molar-refractivity contribution in [3.05, 3.63) is 0 Å². The van der Waals surface area contributed by atoms with E-state index in [1.165, 1.54) is 25.8 Å². The van der Waals surface area contributed by atoms with Crippen molar-refractivity contribution in [1.82, 2.24) is 4.90 Å². The molecule has 0 aromatic heterocycles. The van der Waals surface area contributed by atoms with Crippen LogP contribution in [0.3, 0.4) is 0 Å². The quantitative estimate of drug-likeness (QED) is 0.666. The highest BCUT2D eigenvalue weighted by molar-refractivity contribution is 4.81. The normalized spacial score (nSPS) is 29.2. The van der Waals surface area contributed by atoms with E-state index in [0.717, 1.165) is 0 Å². The second kappa shape index (κ2) is 4.07. The van der Waals surface area contributed by atoms with E-state index in [0.29, 0.717) is 18.7 Å². The third kappa shape index (κ3) is 1.94. The molecule has 1 N–H and O–H groups in total. The molecule has 1 saturated heterocycles. The average molecular weight is 157 g/mol. The minimum Gasteiger partial charge on any atom is -0.395 e. The molecule has 1 unspecified atom stereocenters. The van der Waals surface area contributed by atoms with Gasteiger partial charge in [0.1, 0.15) is 0 Å². The molecule has 0 aromatic rings. The maximum Gasteiger partial charge on any atom is 0.0586 e. The van der Waals surface area contributed by atoms with E-state index in [4.69, 9.17) is 5.11 Å². The molecule has 1 fully saturated rings. The molecule has 0 aromatic carbocycles. The van der Waals surface area contributed by atoms with E-state index in [9.17, 15) is 0 Å². The van der Waals surface area contributed by atoms with Crippen molar-refractivity contribution in [3.8, 4) is 0 Å². The maximum atomic E-state index is 9.04. The molecule has 0 spiro atoms. The lowest BCUT2D eigenvalue weighted by Crippen LogP contribution is -2.38. The molecule has 0 bridgehead atoms. The van der Waals surface area contributed by atoms with Crippen molar-refractivity contribution >= 4 is 0 Å². The van der Waals surface area contributed by atoms with Crippen molar-refractivity contribution in [2.24, 2.45) is 0 Å². The van der Waals surface area contributed by atoms with Crippen molar-refractivity contribution in [2.45, 2.75) is 45.2 Å². The van der Waals surface area contributed by atoms with Crippen LogP contribution in [0.5, 0.6) is 0 Å². The number of aliphatic hydroxyl groups excluding tert-OH is 1. The van der Waals surface area contributed by atoms with Gasteiger partial charge < -0.3 is 5.11 Å². The number of rotatable bonds is 3. The monoisotopic (exact) mass is 157 g/mol. The van der Waals surface area contributed by atoms with E-state index in [1.807, 2.05) is 0 Å². The highest BCUT2D eigenvalue weighted by Gasteiger charge is 2.26. The SMILES string of the molecule is CCC(C)N1CCC[C@H]1CO. The van der Waals surface area contributed by atoms with Gasteiger partial charge in [0, 0.05) is 12.1 Å². The van der Waals surface area contributed by atoms with Crippen LogP contribution in [0.4, 0.5) is 0 Å². The predicted molar refractivity (Wildman–Crippen MR) is 46.6 cm³/mol. The van der Waals surface area contributed by atoms with E-state index >= 15 is 0 Å². The topological polar surface area (TPSA) is 23.5 Å². The molecule has 0 saturated carbocycles. The molecule has 66 valence electrons. The van der Waals surface area contributed by atoms with Gasteiger partial charge in [0.15, 0.2) is 0 Å². The fourth-order valence-electron chi connectivity index (χ4n) is 1.87. The lowest BCUT2D eigenvalue weighted by Gasteiger charge is -2.28. The molecule has 0 aliphatic carbocycles. The smallest absolute Gasteiger partial charge is 0.0586 e. The standard InChI is InChI=1S/C9H19NO/c1-3-8(2)10-6-4-5-9(10)7-11/h8-9,11H,3-7H2,1-2H3/t8?,9-/m0/s1. The lowest BCUT2D eigenvalue weighted by molar-refractivity contribution is 0.124. The van der Waals surface area contributed by atoms with Crippen LogP contribution in [0.2, 0.25) is 0 Å². The van der Waals surface area contributed by atoms with Crippen molar-refractivity contribution < 1.29 is 5.11 Å². The van der Waals surface area contributed by atoms with Crippen molar-refractivity contribution in [3.63, 3.8) is 0 Å². The first-order valence-corrected chi connectivity index (χ1v) is 4.66. The number of hydrogen-bond donors (Lipinski definition) is 1. The Kier molecular flexibility index (Phi) is 3.34. The summed E-state index contributed by atoms with van der Waals surface area (Å²) < 4.78 is 0. The first kappa shape index (κ1) is 9.01. The van der Waals surface area contributed by atoms with Crippen LogP contribution in [0.25, 0.3) is 0 Å². The summed E-state index contributed by atoms with van der Waals surface area (Å²) in [7, 11) is 0. The molecular weight excluding hydrogens is 138 g/mol. The van der Waals surface area contributed by atoms with E-state index in [1.54, 1.807) is 0 Å². The minimum absolute atomic E-state index is 0.338. The van der Waals surface area contributed by atoms with Crippen molar-refractivity contribution in [1.29, 1.82) is 0 Å². The first-order valence-electron chi connectivity index (χ1n) is 4.66. The second-order valence-corrected chi connectivity index (χ2v) is 3.47. The summed E-state index contributed by atoms with van der Waals surface area (Å²) in [6.45, 7) is 5.97. The Morgan fingerprint density at radius 3 is 2.91 bits per heavy atom. The van der Waals surface area contributed by atoms with Gasteiger partial charge in [-0.25, -0.2) is 0 Å². The molecule has 1 rings (SSSR count). The van der Waals surface area contributed by atoms with E-state index < -0.39 is 0 Å². The molecular formula is C9H19NO. The van der Waals surface area contributed by atoms with Crippen LogP contribution in [0.1, 0.15) is 33.1 Å². The van der Waals surface area contributed by atoms with Crippen LogP contribution in [-0.2, 0) is 0 Å². The molecule has 0 radical (unpaired) electrons. The number of nitrogens with zero attached hydrogens (tertiary/aromatic N) is 1. The van der Waals surface area contributed by atoms with Crippen LogP contribution >= 0.6 is 0 Å². The van der Waals surface area contributed by atoms with Gasteiger partial charge in [-0.15, -0.1) is 0 Å². The first-order chi connectivity index (χ1) is 5.29. The van der Waals surface area contributed by atoms with Gasteiger partial charge in [0.2, 0.25) is 0 Å². The zero-order valence-electron chi connectivity index (χ0n) is 7.58. The van der Waals surface area contributed by atoms with E-state index in [-0.39, 0.29) is 0 Å². The summed E-state index contributed by atoms with van der Waals surface area (Å²) in [5.41, 5.74) is 0. The molecule has 1 aliphatic rings. The van der Waals surface area contributed by atoms with Gasteiger partial charge in [0.05, 0.1) is 6.61 Å². The van der Waals surface area contributed by atoms with Gasteiger partial charge in [-0.1, -0.05) is 6.92 Å². The number of likely N-dealkylation sites (tertiary alicyclic amines) is 1. The summed E-state index contributed by atoms with van der Waals surface area (Å²) in [5.74, 6) is 0.